The lowest BCUT2D eigenvalue weighted by atomic mass is 9.85. The van der Waals surface area contributed by atoms with E-state index in [0.29, 0.717) is 0 Å². The fourth-order valence-corrected chi connectivity index (χ4v) is 3.74. The number of methoxy groups -OCH3 is 2. The van der Waals surface area contributed by atoms with Gasteiger partial charge in [0.15, 0.2) is 5.12 Å². The minimum Gasteiger partial charge on any atom is -0.478 e. The number of esters is 1. The fourth-order valence-electron chi connectivity index (χ4n) is 3.04. The zero-order valence-corrected chi connectivity index (χ0v) is 22.1. The van der Waals surface area contributed by atoms with Crippen molar-refractivity contribution in [1.82, 2.24) is 10.6 Å². The van der Waals surface area contributed by atoms with Crippen LogP contribution in [0.15, 0.2) is 12.2 Å². The first kappa shape index (κ1) is 32.2. The highest BCUT2D eigenvalue weighted by atomic mass is 32.2. The smallest absolute Gasteiger partial charge is 0.328 e. The number of hydrogen-bond donors (Lipinski definition) is 3. The summed E-state index contributed by atoms with van der Waals surface area (Å²) < 4.78 is 20.8. The van der Waals surface area contributed by atoms with Crippen molar-refractivity contribution >= 4 is 46.4 Å². The Hall–Kier alpha value is -2.81. The van der Waals surface area contributed by atoms with Crippen molar-refractivity contribution < 1.29 is 52.8 Å². The maximum Gasteiger partial charge on any atom is 0.328 e. The van der Waals surface area contributed by atoms with Crippen molar-refractivity contribution in [2.75, 3.05) is 39.7 Å². The molecule has 0 spiro atoms. The number of nitrogens with one attached hydrogen (secondary N) is 2. The maximum atomic E-state index is 12.7. The van der Waals surface area contributed by atoms with Crippen LogP contribution in [0.2, 0.25) is 0 Å². The molecule has 13 nitrogen and oxygen atoms in total. The Bertz CT molecular complexity index is 890. The van der Waals surface area contributed by atoms with Crippen LogP contribution >= 0.6 is 11.8 Å². The van der Waals surface area contributed by atoms with Gasteiger partial charge in [-0.25, -0.2) is 4.79 Å². The van der Waals surface area contributed by atoms with Gasteiger partial charge in [-0.3, -0.25) is 24.0 Å². The molecule has 1 aliphatic rings. The molecule has 1 unspecified atom stereocenters. The van der Waals surface area contributed by atoms with E-state index in [1.807, 2.05) is 0 Å². The van der Waals surface area contributed by atoms with Gasteiger partial charge in [-0.2, -0.15) is 0 Å². The predicted molar refractivity (Wildman–Crippen MR) is 130 cm³/mol. The van der Waals surface area contributed by atoms with Gasteiger partial charge < -0.3 is 34.7 Å². The van der Waals surface area contributed by atoms with Crippen LogP contribution in [0.5, 0.6) is 0 Å². The van der Waals surface area contributed by atoms with Gasteiger partial charge in [-0.05, 0) is 0 Å². The van der Waals surface area contributed by atoms with Crippen LogP contribution in [-0.4, -0.2) is 91.5 Å². The van der Waals surface area contributed by atoms with E-state index in [0.717, 1.165) is 23.9 Å². The summed E-state index contributed by atoms with van der Waals surface area (Å²) in [5, 5.41) is 13.7. The maximum absolute atomic E-state index is 12.7. The van der Waals surface area contributed by atoms with Crippen LogP contribution in [0.1, 0.15) is 39.5 Å². The highest BCUT2D eigenvalue weighted by Crippen LogP contribution is 2.36. The van der Waals surface area contributed by atoms with Crippen LogP contribution in [0.25, 0.3) is 0 Å². The van der Waals surface area contributed by atoms with E-state index in [4.69, 9.17) is 19.3 Å². The molecule has 0 saturated carbocycles. The Morgan fingerprint density at radius 1 is 1.05 bits per heavy atom. The number of carbonyl (C=O) groups is 6. The molecule has 0 bridgehead atoms. The first-order valence-electron chi connectivity index (χ1n) is 11.4. The lowest BCUT2D eigenvalue weighted by Gasteiger charge is -2.45. The van der Waals surface area contributed by atoms with Crippen molar-refractivity contribution in [3.05, 3.63) is 12.2 Å². The number of Topliss-reactive ketones (excluding diaryl/α,β-unsaturated/α-hetero) is 1. The molecule has 37 heavy (non-hydrogen) atoms. The van der Waals surface area contributed by atoms with Gasteiger partial charge in [-0.15, -0.1) is 0 Å². The summed E-state index contributed by atoms with van der Waals surface area (Å²) in [5.74, 6) is -4.59. The molecule has 0 aromatic carbocycles. The highest BCUT2D eigenvalue weighted by molar-refractivity contribution is 8.13. The standard InChI is InChI=1S/C23H34N2O11S/c1-22(2)14-35-23(34-4,9-7-17(28)29)36-20(22)21(32)25-10-8-16(27)24-11-12-37-19(31)13-15(26)5-6-18(30)33-3/h7,9,20H,5-6,8,10-14H2,1-4H3,(H,24,27)(H,25,32)(H,28,29)/b9-7+/t20-,23?/m0/s1. The second-order valence-electron chi connectivity index (χ2n) is 8.66. The molecule has 2 amide bonds. The van der Waals surface area contributed by atoms with Crippen LogP contribution in [0.4, 0.5) is 0 Å². The summed E-state index contributed by atoms with van der Waals surface area (Å²) in [6, 6.07) is 0. The molecular weight excluding hydrogens is 512 g/mol. The number of carboxylic acids is 1. The van der Waals surface area contributed by atoms with E-state index in [-0.39, 0.29) is 67.9 Å². The zero-order valence-electron chi connectivity index (χ0n) is 21.3. The third-order valence-corrected chi connectivity index (χ3v) is 5.98. The van der Waals surface area contributed by atoms with Gasteiger partial charge in [-0.1, -0.05) is 25.6 Å². The number of carbonyl (C=O) groups excluding carboxylic acids is 5. The number of ether oxygens (including phenoxy) is 4. The minimum atomic E-state index is -1.84. The molecule has 1 saturated heterocycles. The molecule has 3 N–H and O–H groups in total. The largest absolute Gasteiger partial charge is 0.478 e. The average Bonchev–Trinajstić information content (AvgIpc) is 2.84. The van der Waals surface area contributed by atoms with E-state index in [9.17, 15) is 28.8 Å². The van der Waals surface area contributed by atoms with Gasteiger partial charge in [0.25, 0.3) is 0 Å². The zero-order chi connectivity index (χ0) is 28.1. The molecule has 2 atom stereocenters. The Kier molecular flexibility index (Phi) is 13.4. The van der Waals surface area contributed by atoms with Crippen LogP contribution in [0.3, 0.4) is 0 Å². The number of thioether (sulfide) groups is 1. The number of amides is 2. The third-order valence-electron chi connectivity index (χ3n) is 5.11. The van der Waals surface area contributed by atoms with Crippen molar-refractivity contribution in [2.24, 2.45) is 5.41 Å². The number of ketones is 1. The molecule has 0 aromatic rings. The molecule has 0 aliphatic carbocycles. The summed E-state index contributed by atoms with van der Waals surface area (Å²) in [5.41, 5.74) is -0.768. The van der Waals surface area contributed by atoms with Crippen LogP contribution < -0.4 is 10.6 Å². The fraction of sp³-hybridized carbons (Fsp3) is 0.652. The molecule has 0 radical (unpaired) electrons. The summed E-state index contributed by atoms with van der Waals surface area (Å²) in [6.45, 7) is 3.69. The SMILES string of the molecule is COC(=O)CCC(=O)CC(=O)SCCNC(=O)CCNC(=O)[C@@H]1OC(/C=C/C(=O)O)(OC)OCC1(C)C. The van der Waals surface area contributed by atoms with E-state index >= 15 is 0 Å². The van der Waals surface area contributed by atoms with Crippen molar-refractivity contribution in [2.45, 2.75) is 51.6 Å². The first-order valence-corrected chi connectivity index (χ1v) is 12.4. The Balaban J connectivity index is 2.38. The Labute approximate surface area is 219 Å². The molecule has 1 aliphatic heterocycles. The monoisotopic (exact) mass is 546 g/mol. The second-order valence-corrected chi connectivity index (χ2v) is 9.81. The summed E-state index contributed by atoms with van der Waals surface area (Å²) in [4.78, 5) is 70.1. The highest BCUT2D eigenvalue weighted by Gasteiger charge is 2.49. The summed E-state index contributed by atoms with van der Waals surface area (Å²) in [6.07, 6.45) is 0.308. The van der Waals surface area contributed by atoms with E-state index in [2.05, 4.69) is 15.4 Å². The Morgan fingerprint density at radius 2 is 1.76 bits per heavy atom. The molecule has 1 fully saturated rings. The van der Waals surface area contributed by atoms with Gasteiger partial charge in [0.05, 0.1) is 26.6 Å². The number of hydrogen-bond acceptors (Lipinski definition) is 11. The molecule has 1 rings (SSSR count). The van der Waals surface area contributed by atoms with E-state index in [1.54, 1.807) is 13.8 Å². The van der Waals surface area contributed by atoms with Crippen LogP contribution in [-0.2, 0) is 47.7 Å². The molecule has 208 valence electrons. The Morgan fingerprint density at radius 3 is 2.38 bits per heavy atom. The van der Waals surface area contributed by atoms with Gasteiger partial charge in [0, 0.05) is 56.4 Å². The van der Waals surface area contributed by atoms with E-state index in [1.165, 1.54) is 14.2 Å². The normalized spacial score (nSPS) is 20.7. The molecule has 1 heterocycles. The first-order chi connectivity index (χ1) is 17.3. The van der Waals surface area contributed by atoms with E-state index < -0.39 is 35.3 Å². The summed E-state index contributed by atoms with van der Waals surface area (Å²) in [7, 11) is 2.46. The predicted octanol–water partition coefficient (Wildman–Crippen LogP) is 0.164. The quantitative estimate of drug-likeness (QED) is 0.110. The van der Waals surface area contributed by atoms with Gasteiger partial charge in [0.2, 0.25) is 11.8 Å². The lowest BCUT2D eigenvalue weighted by Crippen LogP contribution is -2.58. The number of carboxylic acid groups (broad SMARTS) is 1. The van der Waals surface area contributed by atoms with Gasteiger partial charge >= 0.3 is 17.9 Å². The van der Waals surface area contributed by atoms with Crippen LogP contribution in [0, 0.1) is 5.41 Å². The minimum absolute atomic E-state index is 0.00712. The van der Waals surface area contributed by atoms with Crippen molar-refractivity contribution in [3.8, 4) is 0 Å². The number of rotatable bonds is 15. The summed E-state index contributed by atoms with van der Waals surface area (Å²) >= 11 is 0.899. The molecular formula is C23H34N2O11S. The lowest BCUT2D eigenvalue weighted by molar-refractivity contribution is -0.396. The van der Waals surface area contributed by atoms with Crippen molar-refractivity contribution in [1.29, 1.82) is 0 Å². The number of aliphatic carboxylic acids is 1. The third kappa shape index (κ3) is 11.9. The topological polar surface area (TPSA) is 184 Å². The van der Waals surface area contributed by atoms with Gasteiger partial charge in [0.1, 0.15) is 11.9 Å². The molecule has 0 aromatic heterocycles. The molecule has 14 heteroatoms. The second kappa shape index (κ2) is 15.4. The van der Waals surface area contributed by atoms with Crippen molar-refractivity contribution in [3.63, 3.8) is 0 Å². The average molecular weight is 547 g/mol.